The number of hydrogen-bond donors (Lipinski definition) is 1. The fraction of sp³-hybridized carbons (Fsp3) is 0.500. The molecule has 0 saturated carbocycles. The van der Waals surface area contributed by atoms with Crippen LogP contribution >= 0.6 is 0 Å². The van der Waals surface area contributed by atoms with E-state index in [-0.39, 0.29) is 23.4 Å². The Hall–Kier alpha value is -1.10. The van der Waals surface area contributed by atoms with Gasteiger partial charge in [-0.25, -0.2) is 12.8 Å². The van der Waals surface area contributed by atoms with Crippen molar-refractivity contribution in [3.63, 3.8) is 0 Å². The summed E-state index contributed by atoms with van der Waals surface area (Å²) < 4.78 is 36.1. The first-order chi connectivity index (χ1) is 7.84. The summed E-state index contributed by atoms with van der Waals surface area (Å²) in [5.74, 6) is -0.110. The lowest BCUT2D eigenvalue weighted by Crippen LogP contribution is -2.26. The predicted molar refractivity (Wildman–Crippen MR) is 68.5 cm³/mol. The Kier molecular flexibility index (Phi) is 4.51. The molecule has 0 radical (unpaired) electrons. The third-order valence-electron chi connectivity index (χ3n) is 2.53. The second kappa shape index (κ2) is 5.49. The quantitative estimate of drug-likeness (QED) is 0.883. The molecule has 0 aromatic heterocycles. The predicted octanol–water partition coefficient (Wildman–Crippen LogP) is 2.37. The topological polar surface area (TPSA) is 46.2 Å². The Morgan fingerprint density at radius 1 is 1.41 bits per heavy atom. The molecule has 0 aliphatic carbocycles. The van der Waals surface area contributed by atoms with E-state index in [9.17, 15) is 12.8 Å². The van der Waals surface area contributed by atoms with E-state index >= 15 is 0 Å². The molecule has 0 heterocycles. The van der Waals surface area contributed by atoms with Crippen LogP contribution in [0.5, 0.6) is 0 Å². The molecule has 17 heavy (non-hydrogen) atoms. The van der Waals surface area contributed by atoms with Crippen LogP contribution in [0.2, 0.25) is 0 Å². The van der Waals surface area contributed by atoms with Gasteiger partial charge in [0.15, 0.2) is 9.84 Å². The minimum absolute atomic E-state index is 0.0546. The van der Waals surface area contributed by atoms with E-state index in [1.54, 1.807) is 32.9 Å². The molecule has 3 nitrogen and oxygen atoms in total. The van der Waals surface area contributed by atoms with Gasteiger partial charge in [0.2, 0.25) is 0 Å². The van der Waals surface area contributed by atoms with Crippen molar-refractivity contribution in [3.05, 3.63) is 29.6 Å². The standard InChI is InChI=1S/C12H18FNO2S/c1-4-17(15,16)8-10(3)14-11-6-5-9(2)12(13)7-11/h5-7,10,14H,4,8H2,1-3H3. The number of hydrogen-bond acceptors (Lipinski definition) is 3. The van der Waals surface area contributed by atoms with Crippen LogP contribution in [-0.4, -0.2) is 26.0 Å². The maximum Gasteiger partial charge on any atom is 0.152 e. The van der Waals surface area contributed by atoms with Crippen LogP contribution in [0.3, 0.4) is 0 Å². The Morgan fingerprint density at radius 3 is 2.59 bits per heavy atom. The van der Waals surface area contributed by atoms with E-state index in [1.807, 2.05) is 0 Å². The SMILES string of the molecule is CCS(=O)(=O)CC(C)Nc1ccc(C)c(F)c1. The van der Waals surface area contributed by atoms with Crippen molar-refractivity contribution in [2.75, 3.05) is 16.8 Å². The molecule has 0 spiro atoms. The molecule has 0 saturated heterocycles. The van der Waals surface area contributed by atoms with Gasteiger partial charge in [0.05, 0.1) is 5.75 Å². The van der Waals surface area contributed by atoms with Gasteiger partial charge in [-0.2, -0.15) is 0 Å². The molecule has 1 rings (SSSR count). The van der Waals surface area contributed by atoms with Gasteiger partial charge in [0.1, 0.15) is 5.82 Å². The monoisotopic (exact) mass is 259 g/mol. The van der Waals surface area contributed by atoms with E-state index < -0.39 is 9.84 Å². The van der Waals surface area contributed by atoms with Gasteiger partial charge < -0.3 is 5.32 Å². The summed E-state index contributed by atoms with van der Waals surface area (Å²) >= 11 is 0. The molecule has 0 bridgehead atoms. The molecule has 5 heteroatoms. The fourth-order valence-corrected chi connectivity index (χ4v) is 2.59. The first-order valence-electron chi connectivity index (χ1n) is 5.57. The van der Waals surface area contributed by atoms with E-state index in [4.69, 9.17) is 0 Å². The molecule has 0 aliphatic heterocycles. The van der Waals surface area contributed by atoms with Crippen LogP contribution in [0.25, 0.3) is 0 Å². The molecule has 0 amide bonds. The van der Waals surface area contributed by atoms with Crippen molar-refractivity contribution < 1.29 is 12.8 Å². The van der Waals surface area contributed by atoms with Crippen LogP contribution in [0.4, 0.5) is 10.1 Å². The van der Waals surface area contributed by atoms with Gasteiger partial charge in [-0.1, -0.05) is 13.0 Å². The molecular formula is C12H18FNO2S. The van der Waals surface area contributed by atoms with Gasteiger partial charge >= 0.3 is 0 Å². The third kappa shape index (κ3) is 4.34. The van der Waals surface area contributed by atoms with Crippen molar-refractivity contribution in [1.29, 1.82) is 0 Å². The summed E-state index contributed by atoms with van der Waals surface area (Å²) in [4.78, 5) is 0. The van der Waals surface area contributed by atoms with E-state index in [0.717, 1.165) is 0 Å². The number of halogens is 1. The first kappa shape index (κ1) is 14.0. The fourth-order valence-electron chi connectivity index (χ4n) is 1.51. The van der Waals surface area contributed by atoms with E-state index in [1.165, 1.54) is 6.07 Å². The molecule has 0 aliphatic rings. The van der Waals surface area contributed by atoms with Gasteiger partial charge in [0.25, 0.3) is 0 Å². The maximum atomic E-state index is 13.3. The molecule has 1 N–H and O–H groups in total. The zero-order valence-electron chi connectivity index (χ0n) is 10.3. The van der Waals surface area contributed by atoms with Gasteiger partial charge in [-0.15, -0.1) is 0 Å². The Labute approximate surface area is 102 Å². The summed E-state index contributed by atoms with van der Waals surface area (Å²) in [5.41, 5.74) is 1.18. The van der Waals surface area contributed by atoms with Crippen LogP contribution in [0.15, 0.2) is 18.2 Å². The largest absolute Gasteiger partial charge is 0.381 e. The van der Waals surface area contributed by atoms with Crippen molar-refractivity contribution in [3.8, 4) is 0 Å². The number of sulfone groups is 1. The third-order valence-corrected chi connectivity index (χ3v) is 4.42. The highest BCUT2D eigenvalue weighted by atomic mass is 32.2. The number of benzene rings is 1. The van der Waals surface area contributed by atoms with Crippen molar-refractivity contribution in [2.45, 2.75) is 26.8 Å². The van der Waals surface area contributed by atoms with Crippen LogP contribution in [0.1, 0.15) is 19.4 Å². The lowest BCUT2D eigenvalue weighted by molar-refractivity contribution is 0.593. The molecule has 1 unspecified atom stereocenters. The van der Waals surface area contributed by atoms with Gasteiger partial charge in [-0.05, 0) is 31.5 Å². The average Bonchev–Trinajstić information content (AvgIpc) is 2.23. The molecule has 1 aromatic carbocycles. The lowest BCUT2D eigenvalue weighted by atomic mass is 10.2. The smallest absolute Gasteiger partial charge is 0.152 e. The molecular weight excluding hydrogens is 241 g/mol. The Morgan fingerprint density at radius 2 is 2.06 bits per heavy atom. The Balaban J connectivity index is 2.68. The zero-order chi connectivity index (χ0) is 13.1. The average molecular weight is 259 g/mol. The Bertz CT molecular complexity index is 485. The van der Waals surface area contributed by atoms with Gasteiger partial charge in [0, 0.05) is 17.5 Å². The number of rotatable bonds is 5. The van der Waals surface area contributed by atoms with Crippen molar-refractivity contribution in [1.82, 2.24) is 0 Å². The van der Waals surface area contributed by atoms with E-state index in [0.29, 0.717) is 11.3 Å². The highest BCUT2D eigenvalue weighted by Crippen LogP contribution is 2.14. The van der Waals surface area contributed by atoms with Crippen LogP contribution < -0.4 is 5.32 Å². The molecule has 1 aromatic rings. The molecule has 0 fully saturated rings. The van der Waals surface area contributed by atoms with Crippen molar-refractivity contribution in [2.24, 2.45) is 0 Å². The lowest BCUT2D eigenvalue weighted by Gasteiger charge is -2.15. The van der Waals surface area contributed by atoms with Gasteiger partial charge in [-0.3, -0.25) is 0 Å². The molecule has 96 valence electrons. The molecule has 1 atom stereocenters. The summed E-state index contributed by atoms with van der Waals surface area (Å²) in [6, 6.07) is 4.55. The summed E-state index contributed by atoms with van der Waals surface area (Å²) in [6.07, 6.45) is 0. The zero-order valence-corrected chi connectivity index (χ0v) is 11.1. The number of aryl methyl sites for hydroxylation is 1. The first-order valence-corrected chi connectivity index (χ1v) is 7.39. The number of anilines is 1. The highest BCUT2D eigenvalue weighted by Gasteiger charge is 2.13. The minimum Gasteiger partial charge on any atom is -0.381 e. The normalized spacial score (nSPS) is 13.4. The summed E-state index contributed by atoms with van der Waals surface area (Å²) in [7, 11) is -3.01. The highest BCUT2D eigenvalue weighted by molar-refractivity contribution is 7.91. The summed E-state index contributed by atoms with van der Waals surface area (Å²) in [5, 5.41) is 2.98. The minimum atomic E-state index is -3.01. The second-order valence-corrected chi connectivity index (χ2v) is 6.61. The second-order valence-electron chi connectivity index (χ2n) is 4.21. The number of nitrogens with one attached hydrogen (secondary N) is 1. The van der Waals surface area contributed by atoms with Crippen molar-refractivity contribution >= 4 is 15.5 Å². The summed E-state index contributed by atoms with van der Waals surface area (Å²) in [6.45, 7) is 5.07. The van der Waals surface area contributed by atoms with Crippen LogP contribution in [0, 0.1) is 12.7 Å². The maximum absolute atomic E-state index is 13.3. The van der Waals surface area contributed by atoms with E-state index in [2.05, 4.69) is 5.32 Å². The van der Waals surface area contributed by atoms with Crippen LogP contribution in [-0.2, 0) is 9.84 Å².